The van der Waals surface area contributed by atoms with Crippen molar-refractivity contribution in [2.75, 3.05) is 25.1 Å². The van der Waals surface area contributed by atoms with Gasteiger partial charge in [-0.1, -0.05) is 18.2 Å². The molecule has 1 heterocycles. The van der Waals surface area contributed by atoms with Crippen molar-refractivity contribution in [2.24, 2.45) is 0 Å². The Morgan fingerprint density at radius 2 is 2.04 bits per heavy atom. The van der Waals surface area contributed by atoms with Gasteiger partial charge in [0, 0.05) is 24.3 Å². The predicted octanol–water partition coefficient (Wildman–Crippen LogP) is 3.00. The first-order valence-electron chi connectivity index (χ1n) is 7.75. The van der Waals surface area contributed by atoms with Crippen molar-refractivity contribution in [2.45, 2.75) is 13.0 Å². The molecule has 0 radical (unpaired) electrons. The number of fused-ring (bicyclic) bond motifs is 1. The minimum absolute atomic E-state index is 0. The zero-order valence-electron chi connectivity index (χ0n) is 13.3. The lowest BCUT2D eigenvalue weighted by molar-refractivity contribution is -0.116. The maximum absolute atomic E-state index is 12.0. The van der Waals surface area contributed by atoms with E-state index in [1.54, 1.807) is 0 Å². The van der Waals surface area contributed by atoms with Gasteiger partial charge in [-0.05, 0) is 30.3 Å². The molecule has 0 saturated heterocycles. The zero-order chi connectivity index (χ0) is 15.9. The number of ether oxygens (including phenoxy) is 2. The Morgan fingerprint density at radius 1 is 1.21 bits per heavy atom. The number of anilines is 1. The summed E-state index contributed by atoms with van der Waals surface area (Å²) >= 11 is 0. The van der Waals surface area contributed by atoms with Crippen LogP contribution in [-0.2, 0) is 11.3 Å². The van der Waals surface area contributed by atoms with Crippen molar-refractivity contribution in [1.29, 1.82) is 0 Å². The first-order chi connectivity index (χ1) is 11.3. The topological polar surface area (TPSA) is 59.6 Å². The lowest BCUT2D eigenvalue weighted by atomic mass is 10.1. The van der Waals surface area contributed by atoms with Crippen molar-refractivity contribution in [1.82, 2.24) is 5.32 Å². The molecule has 0 aliphatic carbocycles. The van der Waals surface area contributed by atoms with Gasteiger partial charge in [0.2, 0.25) is 5.91 Å². The fraction of sp³-hybridized carbons (Fsp3) is 0.278. The van der Waals surface area contributed by atoms with E-state index in [4.69, 9.17) is 9.47 Å². The number of amides is 1. The van der Waals surface area contributed by atoms with E-state index in [0.29, 0.717) is 19.6 Å². The maximum atomic E-state index is 12.0. The lowest BCUT2D eigenvalue weighted by Crippen LogP contribution is -2.16. The van der Waals surface area contributed by atoms with Gasteiger partial charge >= 0.3 is 0 Å². The average Bonchev–Trinajstić information content (AvgIpc) is 2.81. The largest absolute Gasteiger partial charge is 0.493 e. The van der Waals surface area contributed by atoms with Crippen LogP contribution in [0.3, 0.4) is 0 Å². The van der Waals surface area contributed by atoms with E-state index in [0.717, 1.165) is 35.8 Å². The van der Waals surface area contributed by atoms with Crippen LogP contribution in [0, 0.1) is 0 Å². The van der Waals surface area contributed by atoms with Gasteiger partial charge in [-0.3, -0.25) is 4.79 Å². The summed E-state index contributed by atoms with van der Waals surface area (Å²) in [4.78, 5) is 12.0. The van der Waals surface area contributed by atoms with E-state index in [1.807, 2.05) is 48.5 Å². The first-order valence-corrected chi connectivity index (χ1v) is 7.75. The van der Waals surface area contributed by atoms with Crippen molar-refractivity contribution in [3.05, 3.63) is 54.1 Å². The van der Waals surface area contributed by atoms with Crippen LogP contribution in [0.4, 0.5) is 5.69 Å². The van der Waals surface area contributed by atoms with E-state index in [1.165, 1.54) is 0 Å². The number of nitrogens with one attached hydrogen (secondary N) is 2. The minimum atomic E-state index is -0.0663. The van der Waals surface area contributed by atoms with Gasteiger partial charge < -0.3 is 20.1 Å². The van der Waals surface area contributed by atoms with Crippen molar-refractivity contribution >= 4 is 24.0 Å². The molecule has 1 amide bonds. The SMILES string of the molecule is Cl.O=C(CCOc1ccccc1)Nc1ccc2c(c1)CNCCO2. The molecule has 24 heavy (non-hydrogen) atoms. The van der Waals surface area contributed by atoms with Crippen molar-refractivity contribution in [3.8, 4) is 11.5 Å². The van der Waals surface area contributed by atoms with Gasteiger partial charge in [-0.15, -0.1) is 12.4 Å². The summed E-state index contributed by atoms with van der Waals surface area (Å²) in [5.41, 5.74) is 1.83. The molecule has 1 aliphatic heterocycles. The fourth-order valence-electron chi connectivity index (χ4n) is 2.39. The molecule has 1 aliphatic rings. The van der Waals surface area contributed by atoms with Gasteiger partial charge in [0.15, 0.2) is 0 Å². The molecule has 5 nitrogen and oxygen atoms in total. The number of hydrogen-bond acceptors (Lipinski definition) is 4. The first kappa shape index (κ1) is 18.1. The van der Waals surface area contributed by atoms with Gasteiger partial charge in [-0.2, -0.15) is 0 Å². The summed E-state index contributed by atoms with van der Waals surface area (Å²) in [6, 6.07) is 15.2. The second-order valence-corrected chi connectivity index (χ2v) is 5.31. The van der Waals surface area contributed by atoms with E-state index < -0.39 is 0 Å². The third-order valence-corrected chi connectivity index (χ3v) is 3.54. The normalized spacial score (nSPS) is 12.8. The summed E-state index contributed by atoms with van der Waals surface area (Å²) in [6.07, 6.45) is 0.306. The van der Waals surface area contributed by atoms with Gasteiger partial charge in [0.05, 0.1) is 13.0 Å². The fourth-order valence-corrected chi connectivity index (χ4v) is 2.39. The standard InChI is InChI=1S/C18H20N2O3.ClH/c21-18(8-10-22-16-4-2-1-3-5-16)20-15-6-7-17-14(12-15)13-19-9-11-23-17;/h1-7,12,19H,8-11,13H2,(H,20,21);1H. The summed E-state index contributed by atoms with van der Waals surface area (Å²) in [6.45, 7) is 2.59. The highest BCUT2D eigenvalue weighted by atomic mass is 35.5. The molecule has 2 aromatic carbocycles. The number of halogens is 1. The summed E-state index contributed by atoms with van der Waals surface area (Å²) in [5.74, 6) is 1.58. The van der Waals surface area contributed by atoms with Crippen molar-refractivity contribution < 1.29 is 14.3 Å². The molecule has 0 bridgehead atoms. The monoisotopic (exact) mass is 348 g/mol. The van der Waals surface area contributed by atoms with Crippen LogP contribution in [0.1, 0.15) is 12.0 Å². The molecule has 128 valence electrons. The highest BCUT2D eigenvalue weighted by Crippen LogP contribution is 2.24. The van der Waals surface area contributed by atoms with Gasteiger partial charge in [0.1, 0.15) is 18.1 Å². The molecular formula is C18H21ClN2O3. The van der Waals surface area contributed by atoms with E-state index in [2.05, 4.69) is 10.6 Å². The molecular weight excluding hydrogens is 328 g/mol. The number of para-hydroxylation sites is 1. The van der Waals surface area contributed by atoms with E-state index >= 15 is 0 Å². The van der Waals surface area contributed by atoms with Crippen LogP contribution in [0.5, 0.6) is 11.5 Å². The Hall–Kier alpha value is -2.24. The molecule has 0 aromatic heterocycles. The highest BCUT2D eigenvalue weighted by molar-refractivity contribution is 5.91. The number of benzene rings is 2. The molecule has 0 spiro atoms. The molecule has 3 rings (SSSR count). The minimum Gasteiger partial charge on any atom is -0.493 e. The molecule has 0 atom stereocenters. The molecule has 6 heteroatoms. The smallest absolute Gasteiger partial charge is 0.227 e. The van der Waals surface area contributed by atoms with Crippen LogP contribution in [-0.4, -0.2) is 25.7 Å². The third kappa shape index (κ3) is 5.15. The molecule has 2 aromatic rings. The number of rotatable bonds is 5. The Bertz CT molecular complexity index is 665. The maximum Gasteiger partial charge on any atom is 0.227 e. The number of carbonyl (C=O) groups excluding carboxylic acids is 1. The Labute approximate surface area is 147 Å². The third-order valence-electron chi connectivity index (χ3n) is 3.54. The lowest BCUT2D eigenvalue weighted by Gasteiger charge is -2.10. The second-order valence-electron chi connectivity index (χ2n) is 5.31. The van der Waals surface area contributed by atoms with E-state index in [9.17, 15) is 4.79 Å². The van der Waals surface area contributed by atoms with E-state index in [-0.39, 0.29) is 18.3 Å². The number of carbonyl (C=O) groups is 1. The van der Waals surface area contributed by atoms with Gasteiger partial charge in [-0.25, -0.2) is 0 Å². The molecule has 2 N–H and O–H groups in total. The predicted molar refractivity (Wildman–Crippen MR) is 96.1 cm³/mol. The zero-order valence-corrected chi connectivity index (χ0v) is 14.1. The average molecular weight is 349 g/mol. The Morgan fingerprint density at radius 3 is 2.88 bits per heavy atom. The van der Waals surface area contributed by atoms with Crippen molar-refractivity contribution in [3.63, 3.8) is 0 Å². The summed E-state index contributed by atoms with van der Waals surface area (Å²) < 4.78 is 11.2. The quantitative estimate of drug-likeness (QED) is 0.872. The Balaban J connectivity index is 0.00000208. The van der Waals surface area contributed by atoms with Gasteiger partial charge in [0.25, 0.3) is 0 Å². The summed E-state index contributed by atoms with van der Waals surface area (Å²) in [7, 11) is 0. The molecule has 0 fully saturated rings. The van der Waals surface area contributed by atoms with Crippen LogP contribution >= 0.6 is 12.4 Å². The number of hydrogen-bond donors (Lipinski definition) is 2. The molecule has 0 saturated carbocycles. The molecule has 0 unspecified atom stereocenters. The Kier molecular flexibility index (Phi) is 6.90. The van der Waals surface area contributed by atoms with Crippen LogP contribution in [0.2, 0.25) is 0 Å². The second kappa shape index (κ2) is 9.15. The summed E-state index contributed by atoms with van der Waals surface area (Å²) in [5, 5.41) is 6.18. The van der Waals surface area contributed by atoms with Crippen LogP contribution in [0.25, 0.3) is 0 Å². The van der Waals surface area contributed by atoms with Crippen LogP contribution < -0.4 is 20.1 Å². The van der Waals surface area contributed by atoms with Crippen LogP contribution in [0.15, 0.2) is 48.5 Å². The highest BCUT2D eigenvalue weighted by Gasteiger charge is 2.10.